The van der Waals surface area contributed by atoms with Crippen LogP contribution >= 0.6 is 11.3 Å². The normalized spacial score (nSPS) is 11.8. The van der Waals surface area contributed by atoms with Crippen LogP contribution < -0.4 is 14.7 Å². The number of fused-ring (bicyclic) bond motifs is 1. The average Bonchev–Trinajstić information content (AvgIpc) is 3.30. The van der Waals surface area contributed by atoms with E-state index < -0.39 is 11.9 Å². The molecule has 5 aromatic rings. The minimum atomic E-state index is -1.04. The number of ether oxygens (including phenoxy) is 1. The zero-order chi connectivity index (χ0) is 27.9. The highest BCUT2D eigenvalue weighted by Gasteiger charge is 2.14. The van der Waals surface area contributed by atoms with Crippen LogP contribution in [0, 0.1) is 5.92 Å². The number of hydrogen-bond acceptors (Lipinski definition) is 6. The van der Waals surface area contributed by atoms with Gasteiger partial charge < -0.3 is 14.6 Å². The van der Waals surface area contributed by atoms with Gasteiger partial charge in [0.25, 0.3) is 0 Å². The van der Waals surface area contributed by atoms with Crippen molar-refractivity contribution in [2.75, 3.05) is 6.61 Å². The minimum Gasteiger partial charge on any atom is -0.550 e. The largest absolute Gasteiger partial charge is 0.550 e. The zero-order valence-electron chi connectivity index (χ0n) is 21.8. The maximum absolute atomic E-state index is 12.8. The van der Waals surface area contributed by atoms with Crippen LogP contribution in [0.4, 0.5) is 0 Å². The fraction of sp³-hybridized carbons (Fsp3) is 0.182. The van der Waals surface area contributed by atoms with Gasteiger partial charge >= 0.3 is 4.87 Å². The Hall–Kier alpha value is -4.49. The Bertz CT molecular complexity index is 1660. The second kappa shape index (κ2) is 12.6. The van der Waals surface area contributed by atoms with Crippen LogP contribution in [-0.4, -0.2) is 22.9 Å². The molecule has 5 rings (SSSR count). The number of aromatic nitrogens is 1. The summed E-state index contributed by atoms with van der Waals surface area (Å²) in [6.07, 6.45) is 1.58. The Morgan fingerprint density at radius 1 is 0.825 bits per heavy atom. The van der Waals surface area contributed by atoms with Gasteiger partial charge in [0, 0.05) is 23.0 Å². The molecule has 40 heavy (non-hydrogen) atoms. The maximum atomic E-state index is 12.8. The molecule has 0 bridgehead atoms. The van der Waals surface area contributed by atoms with Gasteiger partial charge in [-0.2, -0.15) is 0 Å². The second-order valence-electron chi connectivity index (χ2n) is 9.63. The predicted octanol–water partition coefficient (Wildman–Crippen LogP) is 4.91. The Balaban J connectivity index is 1.17. The van der Waals surface area contributed by atoms with Gasteiger partial charge in [-0.05, 0) is 60.7 Å². The summed E-state index contributed by atoms with van der Waals surface area (Å²) in [7, 11) is 0. The molecule has 0 aliphatic carbocycles. The summed E-state index contributed by atoms with van der Waals surface area (Å²) in [5.41, 5.74) is 3.92. The van der Waals surface area contributed by atoms with Gasteiger partial charge in [-0.1, -0.05) is 84.1 Å². The fourth-order valence-corrected chi connectivity index (χ4v) is 5.68. The van der Waals surface area contributed by atoms with E-state index in [1.54, 1.807) is 28.8 Å². The standard InChI is InChI=1S/C33H29NO5S/c35-31(25-9-5-2-6-10-25)26-15-18-29-30(22-26)40-33(38)34(29)19-20-39-28-16-12-24(13-17-28)21-27(32(36)37)14-11-23-7-3-1-4-8-23/h1-10,12-13,15-18,22,27H,11,14,19-21H2,(H,36,37)/p-1. The van der Waals surface area contributed by atoms with Crippen LogP contribution in [0.5, 0.6) is 5.75 Å². The lowest BCUT2D eigenvalue weighted by Gasteiger charge is -2.18. The number of nitrogens with zero attached hydrogens (tertiary/aromatic N) is 1. The van der Waals surface area contributed by atoms with Gasteiger partial charge in [-0.25, -0.2) is 0 Å². The van der Waals surface area contributed by atoms with Crippen molar-refractivity contribution >= 4 is 33.3 Å². The van der Waals surface area contributed by atoms with E-state index in [9.17, 15) is 19.5 Å². The van der Waals surface area contributed by atoms with Crippen molar-refractivity contribution in [3.8, 4) is 5.75 Å². The molecule has 0 fully saturated rings. The predicted molar refractivity (Wildman–Crippen MR) is 155 cm³/mol. The Morgan fingerprint density at radius 3 is 2.23 bits per heavy atom. The molecule has 6 nitrogen and oxygen atoms in total. The number of hydrogen-bond donors (Lipinski definition) is 0. The van der Waals surface area contributed by atoms with E-state index in [0.29, 0.717) is 42.7 Å². The molecule has 0 aliphatic rings. The summed E-state index contributed by atoms with van der Waals surface area (Å²) < 4.78 is 8.29. The molecule has 0 radical (unpaired) electrons. The SMILES string of the molecule is O=C(c1ccccc1)c1ccc2c(c1)sc(=O)n2CCOc1ccc(CC(CCc2ccccc2)C(=O)[O-])cc1. The van der Waals surface area contributed by atoms with Crippen molar-refractivity contribution in [2.45, 2.75) is 25.8 Å². The van der Waals surface area contributed by atoms with E-state index in [1.807, 2.05) is 78.9 Å². The molecule has 0 aliphatic heterocycles. The number of ketones is 1. The fourth-order valence-electron chi connectivity index (χ4n) is 4.73. The molecule has 0 saturated carbocycles. The summed E-state index contributed by atoms with van der Waals surface area (Å²) in [4.78, 5) is 37.0. The lowest BCUT2D eigenvalue weighted by atomic mass is 9.93. The monoisotopic (exact) mass is 550 g/mol. The van der Waals surface area contributed by atoms with E-state index in [0.717, 1.165) is 32.7 Å². The van der Waals surface area contributed by atoms with Crippen molar-refractivity contribution in [1.82, 2.24) is 4.57 Å². The van der Waals surface area contributed by atoms with Crippen LogP contribution in [0.1, 0.15) is 33.5 Å². The molecular weight excluding hydrogens is 522 g/mol. The lowest BCUT2D eigenvalue weighted by Crippen LogP contribution is -2.33. The molecule has 1 atom stereocenters. The number of rotatable bonds is 12. The van der Waals surface area contributed by atoms with Crippen LogP contribution in [0.25, 0.3) is 10.2 Å². The summed E-state index contributed by atoms with van der Waals surface area (Å²) in [5.74, 6) is -1.05. The molecular formula is C33H28NO5S-. The molecule has 0 saturated heterocycles. The molecule has 7 heteroatoms. The third kappa shape index (κ3) is 6.55. The molecule has 202 valence electrons. The van der Waals surface area contributed by atoms with Crippen LogP contribution in [0.15, 0.2) is 108 Å². The molecule has 0 amide bonds. The molecule has 1 unspecified atom stereocenters. The molecule has 0 N–H and O–H groups in total. The van der Waals surface area contributed by atoms with Gasteiger partial charge in [-0.15, -0.1) is 0 Å². The highest BCUT2D eigenvalue weighted by Crippen LogP contribution is 2.22. The van der Waals surface area contributed by atoms with Crippen molar-refractivity contribution in [1.29, 1.82) is 0 Å². The summed E-state index contributed by atoms with van der Waals surface area (Å²) in [6.45, 7) is 0.646. The molecule has 1 heterocycles. The second-order valence-corrected chi connectivity index (χ2v) is 10.6. The molecule has 1 aromatic heterocycles. The van der Waals surface area contributed by atoms with Crippen molar-refractivity contribution in [3.63, 3.8) is 0 Å². The lowest BCUT2D eigenvalue weighted by molar-refractivity contribution is -0.311. The van der Waals surface area contributed by atoms with Gasteiger partial charge in [0.05, 0.1) is 16.8 Å². The van der Waals surface area contributed by atoms with Gasteiger partial charge in [0.2, 0.25) is 0 Å². The topological polar surface area (TPSA) is 88.4 Å². The van der Waals surface area contributed by atoms with Crippen molar-refractivity contribution in [2.24, 2.45) is 5.92 Å². The van der Waals surface area contributed by atoms with Crippen molar-refractivity contribution in [3.05, 3.63) is 135 Å². The van der Waals surface area contributed by atoms with E-state index >= 15 is 0 Å². The number of carbonyl (C=O) groups excluding carboxylic acids is 2. The summed E-state index contributed by atoms with van der Waals surface area (Å²) in [5, 5.41) is 11.7. The third-order valence-electron chi connectivity index (χ3n) is 6.91. The van der Waals surface area contributed by atoms with Gasteiger partial charge in [-0.3, -0.25) is 14.2 Å². The first-order valence-corrected chi connectivity index (χ1v) is 14.0. The van der Waals surface area contributed by atoms with Gasteiger partial charge in [0.1, 0.15) is 12.4 Å². The minimum absolute atomic E-state index is 0.0798. The Labute approximate surface area is 236 Å². The summed E-state index contributed by atoms with van der Waals surface area (Å²) >= 11 is 1.11. The van der Waals surface area contributed by atoms with Crippen LogP contribution in [0.3, 0.4) is 0 Å². The van der Waals surface area contributed by atoms with Crippen molar-refractivity contribution < 1.29 is 19.4 Å². The molecule has 4 aromatic carbocycles. The number of benzene rings is 4. The van der Waals surface area contributed by atoms with E-state index in [2.05, 4.69) is 0 Å². The summed E-state index contributed by atoms with van der Waals surface area (Å²) in [6, 6.07) is 31.6. The van der Waals surface area contributed by atoms with Crippen LogP contribution in [0.2, 0.25) is 0 Å². The Morgan fingerprint density at radius 2 is 1.52 bits per heavy atom. The van der Waals surface area contributed by atoms with Gasteiger partial charge in [0.15, 0.2) is 5.78 Å². The van der Waals surface area contributed by atoms with Crippen LogP contribution in [-0.2, 0) is 24.2 Å². The average molecular weight is 551 g/mol. The first-order valence-electron chi connectivity index (χ1n) is 13.2. The van der Waals surface area contributed by atoms with E-state index in [-0.39, 0.29) is 17.3 Å². The number of thiazole rings is 1. The van der Waals surface area contributed by atoms with E-state index in [4.69, 9.17) is 4.74 Å². The number of carboxylic acid groups (broad SMARTS) is 1. The maximum Gasteiger partial charge on any atom is 0.308 e. The molecule has 0 spiro atoms. The Kier molecular flexibility index (Phi) is 8.52. The first-order chi connectivity index (χ1) is 19.5. The number of carboxylic acids is 1. The number of aliphatic carboxylic acids is 1. The number of carbonyl (C=O) groups is 2. The third-order valence-corrected chi connectivity index (χ3v) is 7.86. The highest BCUT2D eigenvalue weighted by atomic mass is 32.1. The smallest absolute Gasteiger partial charge is 0.308 e. The quantitative estimate of drug-likeness (QED) is 0.206. The highest BCUT2D eigenvalue weighted by molar-refractivity contribution is 7.16. The number of aryl methyl sites for hydroxylation is 1. The van der Waals surface area contributed by atoms with E-state index in [1.165, 1.54) is 0 Å². The zero-order valence-corrected chi connectivity index (χ0v) is 22.6. The first kappa shape index (κ1) is 27.1.